The van der Waals surface area contributed by atoms with E-state index < -0.39 is 0 Å². The van der Waals surface area contributed by atoms with Crippen molar-refractivity contribution in [1.29, 1.82) is 5.26 Å². The van der Waals surface area contributed by atoms with Crippen LogP contribution in [0.15, 0.2) is 60.7 Å². The Bertz CT molecular complexity index is 1560. The maximum Gasteiger partial charge on any atom is 0.323 e. The highest BCUT2D eigenvalue weighted by molar-refractivity contribution is 7.19. The third-order valence-corrected chi connectivity index (χ3v) is 7.74. The summed E-state index contributed by atoms with van der Waals surface area (Å²) in [5.41, 5.74) is 5.59. The molecule has 2 aromatic heterocycles. The highest BCUT2D eigenvalue weighted by Gasteiger charge is 2.22. The number of carbonyl (C=O) groups is 1. The number of aryl methyl sites for hydroxylation is 1. The second-order valence-corrected chi connectivity index (χ2v) is 10.6. The van der Waals surface area contributed by atoms with Crippen molar-refractivity contribution in [3.8, 4) is 33.5 Å². The van der Waals surface area contributed by atoms with Crippen molar-refractivity contribution >= 4 is 22.5 Å². The fraction of sp³-hybridized carbons (Fsp3) is 0.290. The SMILES string of the molecule is COc1ccc(COC(C)c2cc(-c3sc(NC(=O)N4CCOCC4)nc3-c3cccc(C#N)c3)cc(C)n2)cc1. The lowest BCUT2D eigenvalue weighted by Gasteiger charge is -2.26. The van der Waals surface area contributed by atoms with E-state index in [4.69, 9.17) is 24.2 Å². The van der Waals surface area contributed by atoms with Gasteiger partial charge >= 0.3 is 6.03 Å². The molecule has 2 amide bonds. The number of carbonyl (C=O) groups excluding carboxylic acids is 1. The Morgan fingerprint density at radius 1 is 1.12 bits per heavy atom. The van der Waals surface area contributed by atoms with Crippen LogP contribution in [-0.4, -0.2) is 54.3 Å². The molecule has 1 aliphatic rings. The Balaban J connectivity index is 1.45. The predicted octanol–water partition coefficient (Wildman–Crippen LogP) is 6.20. The standard InChI is InChI=1S/C31H31N5O4S/c1-20-15-25(17-27(33-20)21(2)40-19-22-7-9-26(38-3)10-8-22)29-28(24-6-4-5-23(16-24)18-32)34-30(41-29)35-31(37)36-11-13-39-14-12-36/h4-10,15-17,21H,11-14,19H2,1-3H3,(H,34,35,37). The van der Waals surface area contributed by atoms with Crippen molar-refractivity contribution in [2.75, 3.05) is 38.7 Å². The molecule has 0 saturated carbocycles. The lowest BCUT2D eigenvalue weighted by Crippen LogP contribution is -2.43. The zero-order chi connectivity index (χ0) is 28.8. The van der Waals surface area contributed by atoms with Gasteiger partial charge in [-0.15, -0.1) is 0 Å². The summed E-state index contributed by atoms with van der Waals surface area (Å²) >= 11 is 1.39. The molecule has 1 fully saturated rings. The number of pyridine rings is 1. The number of nitrogens with one attached hydrogen (secondary N) is 1. The number of morpholine rings is 1. The quantitative estimate of drug-likeness (QED) is 0.269. The van der Waals surface area contributed by atoms with Crippen LogP contribution in [-0.2, 0) is 16.1 Å². The number of nitrogens with zero attached hydrogens (tertiary/aromatic N) is 4. The molecule has 1 aliphatic heterocycles. The smallest absolute Gasteiger partial charge is 0.323 e. The Kier molecular flexibility index (Phi) is 8.89. The summed E-state index contributed by atoms with van der Waals surface area (Å²) in [6.07, 6.45) is -0.269. The van der Waals surface area contributed by atoms with Crippen molar-refractivity contribution in [3.05, 3.63) is 83.2 Å². The van der Waals surface area contributed by atoms with Gasteiger partial charge in [0, 0.05) is 24.3 Å². The van der Waals surface area contributed by atoms with Crippen molar-refractivity contribution in [1.82, 2.24) is 14.9 Å². The van der Waals surface area contributed by atoms with Gasteiger partial charge in [-0.1, -0.05) is 35.6 Å². The number of urea groups is 1. The Labute approximate surface area is 243 Å². The maximum absolute atomic E-state index is 12.9. The zero-order valence-electron chi connectivity index (χ0n) is 23.2. The van der Waals surface area contributed by atoms with Gasteiger partial charge in [-0.3, -0.25) is 10.3 Å². The summed E-state index contributed by atoms with van der Waals surface area (Å²) in [5.74, 6) is 0.799. The molecule has 0 bridgehead atoms. The van der Waals surface area contributed by atoms with Gasteiger partial charge in [0.1, 0.15) is 5.75 Å². The molecule has 2 aromatic carbocycles. The van der Waals surface area contributed by atoms with Gasteiger partial charge in [0.15, 0.2) is 5.13 Å². The van der Waals surface area contributed by atoms with E-state index in [0.29, 0.717) is 49.3 Å². The van der Waals surface area contributed by atoms with E-state index in [1.165, 1.54) is 11.3 Å². The van der Waals surface area contributed by atoms with Crippen molar-refractivity contribution in [2.45, 2.75) is 26.6 Å². The fourth-order valence-corrected chi connectivity index (χ4v) is 5.46. The molecule has 4 aromatic rings. The van der Waals surface area contributed by atoms with E-state index >= 15 is 0 Å². The number of ether oxygens (including phenoxy) is 3. The Morgan fingerprint density at radius 2 is 1.90 bits per heavy atom. The first-order valence-corrected chi connectivity index (χ1v) is 14.1. The number of methoxy groups -OCH3 is 1. The van der Waals surface area contributed by atoms with Gasteiger partial charge in [0.2, 0.25) is 0 Å². The van der Waals surface area contributed by atoms with E-state index in [1.807, 2.05) is 68.4 Å². The van der Waals surface area contributed by atoms with E-state index in [-0.39, 0.29) is 12.1 Å². The molecular weight excluding hydrogens is 538 g/mol. The van der Waals surface area contributed by atoms with Crippen molar-refractivity contribution in [3.63, 3.8) is 0 Å². The molecule has 1 N–H and O–H groups in total. The van der Waals surface area contributed by atoms with Crippen LogP contribution in [0, 0.1) is 18.3 Å². The summed E-state index contributed by atoms with van der Waals surface area (Å²) < 4.78 is 16.8. The molecule has 41 heavy (non-hydrogen) atoms. The van der Waals surface area contributed by atoms with Gasteiger partial charge < -0.3 is 19.1 Å². The first-order valence-electron chi connectivity index (χ1n) is 13.3. The third-order valence-electron chi connectivity index (χ3n) is 6.72. The van der Waals surface area contributed by atoms with Crippen LogP contribution in [0.1, 0.15) is 35.5 Å². The molecule has 1 unspecified atom stereocenters. The number of hydrogen-bond donors (Lipinski definition) is 1. The van der Waals surface area contributed by atoms with Crippen molar-refractivity contribution < 1.29 is 19.0 Å². The summed E-state index contributed by atoms with van der Waals surface area (Å²) in [7, 11) is 1.64. The lowest BCUT2D eigenvalue weighted by atomic mass is 10.0. The molecule has 5 rings (SSSR count). The van der Waals surface area contributed by atoms with Gasteiger partial charge in [-0.05, 0) is 61.4 Å². The molecule has 0 aliphatic carbocycles. The van der Waals surface area contributed by atoms with E-state index in [9.17, 15) is 10.1 Å². The van der Waals surface area contributed by atoms with Crippen LogP contribution < -0.4 is 10.1 Å². The first kappa shape index (κ1) is 28.2. The van der Waals surface area contributed by atoms with Crippen LogP contribution in [0.2, 0.25) is 0 Å². The summed E-state index contributed by atoms with van der Waals surface area (Å²) in [6, 6.07) is 21.1. The fourth-order valence-electron chi connectivity index (χ4n) is 4.50. The van der Waals surface area contributed by atoms with Crippen LogP contribution in [0.25, 0.3) is 21.7 Å². The predicted molar refractivity (Wildman–Crippen MR) is 158 cm³/mol. The summed E-state index contributed by atoms with van der Waals surface area (Å²) in [5, 5.41) is 12.9. The normalized spacial score (nSPS) is 13.9. The summed E-state index contributed by atoms with van der Waals surface area (Å²) in [6.45, 7) is 6.45. The second-order valence-electron chi connectivity index (χ2n) is 9.64. The zero-order valence-corrected chi connectivity index (χ0v) is 24.0. The number of hydrogen-bond acceptors (Lipinski definition) is 8. The van der Waals surface area contributed by atoms with E-state index in [0.717, 1.165) is 38.7 Å². The minimum atomic E-state index is -0.269. The van der Waals surface area contributed by atoms with Crippen LogP contribution in [0.5, 0.6) is 5.75 Å². The molecule has 1 saturated heterocycles. The van der Waals surface area contributed by atoms with Gasteiger partial charge in [0.05, 0.1) is 60.9 Å². The molecule has 1 atom stereocenters. The molecule has 10 heteroatoms. The first-order chi connectivity index (χ1) is 19.9. The lowest BCUT2D eigenvalue weighted by molar-refractivity contribution is 0.0497. The van der Waals surface area contributed by atoms with E-state index in [2.05, 4.69) is 11.4 Å². The average Bonchev–Trinajstić information content (AvgIpc) is 3.44. The Morgan fingerprint density at radius 3 is 2.63 bits per heavy atom. The second kappa shape index (κ2) is 12.9. The van der Waals surface area contributed by atoms with Gasteiger partial charge in [0.25, 0.3) is 0 Å². The summed E-state index contributed by atoms with van der Waals surface area (Å²) in [4.78, 5) is 25.1. The maximum atomic E-state index is 12.9. The number of nitriles is 1. The molecule has 0 spiro atoms. The Hall–Kier alpha value is -4.30. The number of benzene rings is 2. The van der Waals surface area contributed by atoms with Crippen LogP contribution in [0.3, 0.4) is 0 Å². The molecule has 0 radical (unpaired) electrons. The minimum Gasteiger partial charge on any atom is -0.497 e. The number of rotatable bonds is 8. The molecule has 9 nitrogen and oxygen atoms in total. The topological polar surface area (TPSA) is 110 Å². The molecule has 3 heterocycles. The largest absolute Gasteiger partial charge is 0.497 e. The minimum absolute atomic E-state index is 0.210. The number of anilines is 1. The number of amides is 2. The number of thiazole rings is 1. The van der Waals surface area contributed by atoms with Crippen LogP contribution in [0.4, 0.5) is 9.93 Å². The highest BCUT2D eigenvalue weighted by atomic mass is 32.1. The highest BCUT2D eigenvalue weighted by Crippen LogP contribution is 2.40. The van der Waals surface area contributed by atoms with Gasteiger partial charge in [-0.2, -0.15) is 5.26 Å². The van der Waals surface area contributed by atoms with Crippen molar-refractivity contribution in [2.24, 2.45) is 0 Å². The molecule has 210 valence electrons. The molecular formula is C31H31N5O4S. The number of aromatic nitrogens is 2. The third kappa shape index (κ3) is 6.89. The average molecular weight is 570 g/mol. The monoisotopic (exact) mass is 569 g/mol. The van der Waals surface area contributed by atoms with Crippen LogP contribution >= 0.6 is 11.3 Å². The van der Waals surface area contributed by atoms with Gasteiger partial charge in [-0.25, -0.2) is 9.78 Å². The van der Waals surface area contributed by atoms with E-state index in [1.54, 1.807) is 18.1 Å².